The summed E-state index contributed by atoms with van der Waals surface area (Å²) in [4.78, 5) is 13.1. The second kappa shape index (κ2) is 6.22. The second-order valence-corrected chi connectivity index (χ2v) is 3.56. The molecule has 1 fully saturated rings. The normalized spacial score (nSPS) is 17.9. The summed E-state index contributed by atoms with van der Waals surface area (Å²) in [5.74, 6) is 0.842. The average molecular weight is 206 g/mol. The fourth-order valence-electron chi connectivity index (χ4n) is 1.36. The van der Waals surface area contributed by atoms with Crippen LogP contribution in [0.4, 0.5) is 0 Å². The van der Waals surface area contributed by atoms with Crippen LogP contribution in [0.15, 0.2) is 0 Å². The molecular formula is C9H16ClNO2. The van der Waals surface area contributed by atoms with Crippen molar-refractivity contribution < 1.29 is 9.53 Å². The van der Waals surface area contributed by atoms with Crippen LogP contribution in [-0.4, -0.2) is 43.0 Å². The molecule has 0 radical (unpaired) electrons. The van der Waals surface area contributed by atoms with Crippen LogP contribution in [0.25, 0.3) is 0 Å². The van der Waals surface area contributed by atoms with Gasteiger partial charge in [-0.25, -0.2) is 0 Å². The number of amides is 1. The number of halogens is 1. The average Bonchev–Trinajstić information content (AvgIpc) is 2.15. The van der Waals surface area contributed by atoms with E-state index in [4.69, 9.17) is 16.3 Å². The smallest absolute Gasteiger partial charge is 0.248 e. The van der Waals surface area contributed by atoms with Gasteiger partial charge in [0.15, 0.2) is 0 Å². The van der Waals surface area contributed by atoms with E-state index >= 15 is 0 Å². The van der Waals surface area contributed by atoms with Crippen molar-refractivity contribution in [2.45, 2.75) is 19.3 Å². The van der Waals surface area contributed by atoms with Gasteiger partial charge in [0, 0.05) is 19.0 Å². The third-order valence-electron chi connectivity index (χ3n) is 2.15. The maximum absolute atomic E-state index is 11.2. The third-order valence-corrected chi connectivity index (χ3v) is 2.41. The number of alkyl halides is 1. The van der Waals surface area contributed by atoms with Gasteiger partial charge in [0.1, 0.15) is 6.61 Å². The Morgan fingerprint density at radius 1 is 1.38 bits per heavy atom. The Hall–Kier alpha value is -0.280. The molecule has 0 aliphatic carbocycles. The lowest BCUT2D eigenvalue weighted by Gasteiger charge is -2.26. The summed E-state index contributed by atoms with van der Waals surface area (Å²) in [7, 11) is 0. The van der Waals surface area contributed by atoms with E-state index in [-0.39, 0.29) is 12.5 Å². The van der Waals surface area contributed by atoms with E-state index in [1.54, 1.807) is 0 Å². The molecule has 1 heterocycles. The summed E-state index contributed by atoms with van der Waals surface area (Å²) < 4.78 is 5.03. The number of carbonyl (C=O) groups excluding carboxylic acids is 1. The van der Waals surface area contributed by atoms with E-state index in [0.717, 1.165) is 38.2 Å². The number of morpholine rings is 1. The minimum atomic E-state index is 0.122. The standard InChI is InChI=1S/C9H16ClNO2/c10-4-2-1-3-5-11-6-7-13-8-9(11)12/h1-8H2. The molecule has 0 bridgehead atoms. The minimum Gasteiger partial charge on any atom is -0.370 e. The van der Waals surface area contributed by atoms with Gasteiger partial charge in [-0.1, -0.05) is 6.42 Å². The van der Waals surface area contributed by atoms with Crippen molar-refractivity contribution in [3.63, 3.8) is 0 Å². The molecule has 4 heteroatoms. The maximum atomic E-state index is 11.2. The van der Waals surface area contributed by atoms with Gasteiger partial charge in [0.05, 0.1) is 6.61 Å². The van der Waals surface area contributed by atoms with Crippen molar-refractivity contribution in [2.75, 3.05) is 32.2 Å². The molecule has 3 nitrogen and oxygen atoms in total. The Bertz CT molecular complexity index is 164. The lowest BCUT2D eigenvalue weighted by molar-refractivity contribution is -0.142. The van der Waals surface area contributed by atoms with Gasteiger partial charge in [-0.15, -0.1) is 11.6 Å². The Labute approximate surface area is 84.0 Å². The molecule has 0 aromatic carbocycles. The quantitative estimate of drug-likeness (QED) is 0.500. The van der Waals surface area contributed by atoms with Gasteiger partial charge < -0.3 is 9.64 Å². The zero-order chi connectivity index (χ0) is 9.52. The van der Waals surface area contributed by atoms with E-state index in [2.05, 4.69) is 0 Å². The van der Waals surface area contributed by atoms with Crippen LogP contribution < -0.4 is 0 Å². The Morgan fingerprint density at radius 2 is 2.23 bits per heavy atom. The first-order chi connectivity index (χ1) is 6.34. The fourth-order valence-corrected chi connectivity index (χ4v) is 1.55. The number of nitrogens with zero attached hydrogens (tertiary/aromatic N) is 1. The van der Waals surface area contributed by atoms with Crippen LogP contribution in [0.2, 0.25) is 0 Å². The molecule has 1 aliphatic heterocycles. The Balaban J connectivity index is 2.08. The van der Waals surface area contributed by atoms with Gasteiger partial charge in [0.25, 0.3) is 0 Å². The Morgan fingerprint density at radius 3 is 2.92 bits per heavy atom. The number of unbranched alkanes of at least 4 members (excludes halogenated alkanes) is 2. The second-order valence-electron chi connectivity index (χ2n) is 3.18. The minimum absolute atomic E-state index is 0.122. The number of ether oxygens (including phenoxy) is 1. The highest BCUT2D eigenvalue weighted by molar-refractivity contribution is 6.17. The first kappa shape index (κ1) is 10.8. The number of hydrogen-bond acceptors (Lipinski definition) is 2. The molecule has 0 spiro atoms. The topological polar surface area (TPSA) is 29.5 Å². The summed E-state index contributed by atoms with van der Waals surface area (Å²) in [6.07, 6.45) is 3.20. The van der Waals surface area contributed by atoms with Crippen molar-refractivity contribution in [2.24, 2.45) is 0 Å². The monoisotopic (exact) mass is 205 g/mol. The molecule has 13 heavy (non-hydrogen) atoms. The molecular weight excluding hydrogens is 190 g/mol. The van der Waals surface area contributed by atoms with Crippen LogP contribution in [0.3, 0.4) is 0 Å². The highest BCUT2D eigenvalue weighted by atomic mass is 35.5. The van der Waals surface area contributed by atoms with E-state index < -0.39 is 0 Å². The van der Waals surface area contributed by atoms with Crippen molar-refractivity contribution in [1.82, 2.24) is 4.90 Å². The van der Waals surface area contributed by atoms with Crippen LogP contribution in [0.1, 0.15) is 19.3 Å². The van der Waals surface area contributed by atoms with Crippen LogP contribution in [-0.2, 0) is 9.53 Å². The van der Waals surface area contributed by atoms with Crippen molar-refractivity contribution >= 4 is 17.5 Å². The van der Waals surface area contributed by atoms with Crippen LogP contribution >= 0.6 is 11.6 Å². The summed E-state index contributed by atoms with van der Waals surface area (Å²) in [5.41, 5.74) is 0. The molecule has 0 N–H and O–H groups in total. The predicted octanol–water partition coefficient (Wildman–Crippen LogP) is 1.25. The molecule has 1 amide bonds. The van der Waals surface area contributed by atoms with Crippen LogP contribution in [0, 0.1) is 0 Å². The Kier molecular flexibility index (Phi) is 5.16. The number of hydrogen-bond donors (Lipinski definition) is 0. The molecule has 0 aromatic rings. The summed E-state index contributed by atoms with van der Waals surface area (Å²) in [6, 6.07) is 0. The maximum Gasteiger partial charge on any atom is 0.248 e. The summed E-state index contributed by atoms with van der Waals surface area (Å²) >= 11 is 5.55. The molecule has 0 saturated carbocycles. The van der Waals surface area contributed by atoms with Gasteiger partial charge in [-0.3, -0.25) is 4.79 Å². The number of carbonyl (C=O) groups is 1. The lowest BCUT2D eigenvalue weighted by Crippen LogP contribution is -2.41. The summed E-state index contributed by atoms with van der Waals surface area (Å²) in [6.45, 7) is 2.55. The summed E-state index contributed by atoms with van der Waals surface area (Å²) in [5, 5.41) is 0. The fraction of sp³-hybridized carbons (Fsp3) is 0.889. The largest absolute Gasteiger partial charge is 0.370 e. The first-order valence-electron chi connectivity index (χ1n) is 4.76. The van der Waals surface area contributed by atoms with Gasteiger partial charge in [-0.2, -0.15) is 0 Å². The van der Waals surface area contributed by atoms with Crippen LogP contribution in [0.5, 0.6) is 0 Å². The molecule has 1 rings (SSSR count). The molecule has 0 atom stereocenters. The molecule has 1 saturated heterocycles. The SMILES string of the molecule is O=C1COCCN1CCCCCCl. The predicted molar refractivity (Wildman–Crippen MR) is 52.0 cm³/mol. The van der Waals surface area contributed by atoms with Crippen molar-refractivity contribution in [3.8, 4) is 0 Å². The molecule has 76 valence electrons. The van der Waals surface area contributed by atoms with Crippen molar-refractivity contribution in [3.05, 3.63) is 0 Å². The third kappa shape index (κ3) is 3.96. The van der Waals surface area contributed by atoms with E-state index in [1.807, 2.05) is 4.90 Å². The molecule has 1 aliphatic rings. The zero-order valence-electron chi connectivity index (χ0n) is 7.80. The van der Waals surface area contributed by atoms with E-state index in [9.17, 15) is 4.79 Å². The zero-order valence-corrected chi connectivity index (χ0v) is 8.55. The molecule has 0 unspecified atom stereocenters. The van der Waals surface area contributed by atoms with Gasteiger partial charge >= 0.3 is 0 Å². The van der Waals surface area contributed by atoms with E-state index in [1.165, 1.54) is 0 Å². The van der Waals surface area contributed by atoms with Gasteiger partial charge in [-0.05, 0) is 12.8 Å². The van der Waals surface area contributed by atoms with Crippen molar-refractivity contribution in [1.29, 1.82) is 0 Å². The number of rotatable bonds is 5. The van der Waals surface area contributed by atoms with Gasteiger partial charge in [0.2, 0.25) is 5.91 Å². The lowest BCUT2D eigenvalue weighted by atomic mass is 10.2. The highest BCUT2D eigenvalue weighted by Crippen LogP contribution is 2.03. The van der Waals surface area contributed by atoms with E-state index in [0.29, 0.717) is 6.61 Å². The first-order valence-corrected chi connectivity index (χ1v) is 5.29. The molecule has 0 aromatic heterocycles. The highest BCUT2D eigenvalue weighted by Gasteiger charge is 2.17.